The third kappa shape index (κ3) is 3.74. The van der Waals surface area contributed by atoms with E-state index in [1.807, 2.05) is 0 Å². The number of hydrogen-bond acceptors (Lipinski definition) is 1. The van der Waals surface area contributed by atoms with Crippen molar-refractivity contribution in [1.29, 1.82) is 0 Å². The summed E-state index contributed by atoms with van der Waals surface area (Å²) in [5.74, 6) is 0.667. The second-order valence-electron chi connectivity index (χ2n) is 6.31. The minimum absolute atomic E-state index is 0.307. The second kappa shape index (κ2) is 6.91. The molecule has 1 nitrogen and oxygen atoms in total. The summed E-state index contributed by atoms with van der Waals surface area (Å²) >= 11 is 0. The molecule has 0 saturated heterocycles. The first-order valence-electron chi connectivity index (χ1n) is 8.20. The van der Waals surface area contributed by atoms with Crippen LogP contribution >= 0.6 is 0 Å². The van der Waals surface area contributed by atoms with Crippen molar-refractivity contribution in [2.45, 2.75) is 50.5 Å². The molecule has 0 aliphatic heterocycles. The molecule has 0 amide bonds. The Morgan fingerprint density at radius 1 is 1.00 bits per heavy atom. The summed E-state index contributed by atoms with van der Waals surface area (Å²) in [5, 5.41) is 0. The Bertz CT molecular complexity index is 561. The fourth-order valence-electron chi connectivity index (χ4n) is 3.58. The molecular weight excluding hydrogens is 254 g/mol. The van der Waals surface area contributed by atoms with E-state index in [-0.39, 0.29) is 0 Å². The summed E-state index contributed by atoms with van der Waals surface area (Å²) in [5.41, 5.74) is 10.9. The maximum atomic E-state index is 6.41. The molecule has 2 atom stereocenters. The average molecular weight is 279 g/mol. The van der Waals surface area contributed by atoms with Crippen LogP contribution in [0.5, 0.6) is 0 Å². The van der Waals surface area contributed by atoms with Gasteiger partial charge in [-0.25, -0.2) is 0 Å². The first kappa shape index (κ1) is 14.3. The molecule has 0 bridgehead atoms. The maximum absolute atomic E-state index is 6.41. The molecular formula is C20H25N. The topological polar surface area (TPSA) is 26.0 Å². The highest BCUT2D eigenvalue weighted by Gasteiger charge is 2.21. The van der Waals surface area contributed by atoms with Crippen LogP contribution in [0.3, 0.4) is 0 Å². The molecule has 0 radical (unpaired) electrons. The summed E-state index contributed by atoms with van der Waals surface area (Å²) in [7, 11) is 0. The van der Waals surface area contributed by atoms with Gasteiger partial charge in [0.05, 0.1) is 0 Å². The van der Waals surface area contributed by atoms with E-state index in [0.717, 1.165) is 19.3 Å². The number of fused-ring (bicyclic) bond motifs is 1. The van der Waals surface area contributed by atoms with Crippen molar-refractivity contribution >= 4 is 0 Å². The first-order chi connectivity index (χ1) is 10.3. The molecule has 1 heteroatoms. The average Bonchev–Trinajstić information content (AvgIpc) is 2.54. The first-order valence-corrected chi connectivity index (χ1v) is 8.20. The van der Waals surface area contributed by atoms with Gasteiger partial charge >= 0.3 is 0 Å². The minimum Gasteiger partial charge on any atom is -0.328 e. The smallest absolute Gasteiger partial charge is 0.00478 e. The Labute approximate surface area is 128 Å². The molecule has 0 heterocycles. The lowest BCUT2D eigenvalue weighted by Crippen LogP contribution is -2.25. The second-order valence-corrected chi connectivity index (χ2v) is 6.31. The lowest BCUT2D eigenvalue weighted by atomic mass is 9.79. The highest BCUT2D eigenvalue weighted by molar-refractivity contribution is 5.32. The molecule has 110 valence electrons. The van der Waals surface area contributed by atoms with Crippen LogP contribution in [-0.4, -0.2) is 6.04 Å². The van der Waals surface area contributed by atoms with Crippen LogP contribution in [0.1, 0.15) is 48.3 Å². The van der Waals surface area contributed by atoms with Gasteiger partial charge in [-0.15, -0.1) is 0 Å². The summed E-state index contributed by atoms with van der Waals surface area (Å²) in [6.07, 6.45) is 7.16. The van der Waals surface area contributed by atoms with Crippen LogP contribution in [0.2, 0.25) is 0 Å². The van der Waals surface area contributed by atoms with Crippen molar-refractivity contribution in [3.05, 3.63) is 71.3 Å². The number of hydrogen-bond donors (Lipinski definition) is 1. The number of rotatable bonds is 5. The molecule has 0 fully saturated rings. The Kier molecular flexibility index (Phi) is 4.72. The highest BCUT2D eigenvalue weighted by Crippen LogP contribution is 2.34. The quantitative estimate of drug-likeness (QED) is 0.859. The van der Waals surface area contributed by atoms with Crippen LogP contribution in [0.4, 0.5) is 0 Å². The summed E-state index contributed by atoms with van der Waals surface area (Å²) in [6, 6.07) is 19.9. The van der Waals surface area contributed by atoms with E-state index >= 15 is 0 Å². The van der Waals surface area contributed by atoms with Gasteiger partial charge in [0, 0.05) is 6.04 Å². The third-order valence-corrected chi connectivity index (χ3v) is 4.73. The van der Waals surface area contributed by atoms with Gasteiger partial charge < -0.3 is 5.73 Å². The van der Waals surface area contributed by atoms with E-state index in [4.69, 9.17) is 5.73 Å². The molecule has 2 unspecified atom stereocenters. The lowest BCUT2D eigenvalue weighted by molar-refractivity contribution is 0.453. The number of benzene rings is 2. The van der Waals surface area contributed by atoms with Gasteiger partial charge in [0.1, 0.15) is 0 Å². The van der Waals surface area contributed by atoms with Crippen molar-refractivity contribution < 1.29 is 0 Å². The van der Waals surface area contributed by atoms with E-state index in [2.05, 4.69) is 54.6 Å². The summed E-state index contributed by atoms with van der Waals surface area (Å²) < 4.78 is 0. The van der Waals surface area contributed by atoms with Gasteiger partial charge in [0.2, 0.25) is 0 Å². The number of nitrogens with two attached hydrogens (primary N) is 1. The minimum atomic E-state index is 0.307. The molecule has 1 aliphatic carbocycles. The zero-order chi connectivity index (χ0) is 14.5. The standard InChI is InChI=1S/C20H25N/c21-19(14-13-16-7-2-1-3-8-16)15-18-11-6-10-17-9-4-5-12-20(17)18/h1-5,7-9,12,18-19H,6,10-11,13-15,21H2. The van der Waals surface area contributed by atoms with Crippen LogP contribution in [0.15, 0.2) is 54.6 Å². The predicted octanol–water partition coefficient (Wildman–Crippen LogP) is 4.46. The highest BCUT2D eigenvalue weighted by atomic mass is 14.6. The van der Waals surface area contributed by atoms with Gasteiger partial charge in [-0.05, 0) is 61.1 Å². The van der Waals surface area contributed by atoms with Crippen molar-refractivity contribution in [1.82, 2.24) is 0 Å². The number of aryl methyl sites for hydroxylation is 2. The maximum Gasteiger partial charge on any atom is 0.00478 e. The molecule has 21 heavy (non-hydrogen) atoms. The van der Waals surface area contributed by atoms with E-state index in [1.54, 1.807) is 11.1 Å². The molecule has 0 saturated carbocycles. The van der Waals surface area contributed by atoms with E-state index in [9.17, 15) is 0 Å². The Morgan fingerprint density at radius 2 is 1.76 bits per heavy atom. The zero-order valence-electron chi connectivity index (χ0n) is 12.7. The van der Waals surface area contributed by atoms with Gasteiger partial charge in [0.25, 0.3) is 0 Å². The van der Waals surface area contributed by atoms with Crippen LogP contribution in [-0.2, 0) is 12.8 Å². The Balaban J connectivity index is 1.57. The van der Waals surface area contributed by atoms with Crippen molar-refractivity contribution in [2.75, 3.05) is 0 Å². The third-order valence-electron chi connectivity index (χ3n) is 4.73. The SMILES string of the molecule is NC(CCc1ccccc1)CC1CCCc2ccccc21. The molecule has 1 aliphatic rings. The predicted molar refractivity (Wildman–Crippen MR) is 89.5 cm³/mol. The van der Waals surface area contributed by atoms with Gasteiger partial charge in [-0.3, -0.25) is 0 Å². The van der Waals surface area contributed by atoms with E-state index < -0.39 is 0 Å². The van der Waals surface area contributed by atoms with Crippen LogP contribution in [0, 0.1) is 0 Å². The van der Waals surface area contributed by atoms with Gasteiger partial charge in [0.15, 0.2) is 0 Å². The fourth-order valence-corrected chi connectivity index (χ4v) is 3.58. The molecule has 2 aromatic rings. The van der Waals surface area contributed by atoms with Crippen molar-refractivity contribution in [3.63, 3.8) is 0 Å². The Hall–Kier alpha value is -1.60. The normalized spacial score (nSPS) is 19.0. The summed E-state index contributed by atoms with van der Waals surface area (Å²) in [4.78, 5) is 0. The van der Waals surface area contributed by atoms with Gasteiger partial charge in [-0.2, -0.15) is 0 Å². The monoisotopic (exact) mass is 279 g/mol. The Morgan fingerprint density at radius 3 is 2.62 bits per heavy atom. The van der Waals surface area contributed by atoms with Crippen LogP contribution in [0.25, 0.3) is 0 Å². The molecule has 0 spiro atoms. The molecule has 2 aromatic carbocycles. The van der Waals surface area contributed by atoms with Crippen molar-refractivity contribution in [3.8, 4) is 0 Å². The van der Waals surface area contributed by atoms with Crippen molar-refractivity contribution in [2.24, 2.45) is 5.73 Å². The van der Waals surface area contributed by atoms with E-state index in [0.29, 0.717) is 12.0 Å². The largest absolute Gasteiger partial charge is 0.328 e. The fraction of sp³-hybridized carbons (Fsp3) is 0.400. The van der Waals surface area contributed by atoms with Crippen LogP contribution < -0.4 is 5.73 Å². The zero-order valence-corrected chi connectivity index (χ0v) is 12.7. The molecule has 3 rings (SSSR count). The summed E-state index contributed by atoms with van der Waals surface area (Å²) in [6.45, 7) is 0. The van der Waals surface area contributed by atoms with E-state index in [1.165, 1.54) is 24.8 Å². The van der Waals surface area contributed by atoms with Gasteiger partial charge in [-0.1, -0.05) is 54.6 Å². The molecule has 0 aromatic heterocycles. The molecule has 2 N–H and O–H groups in total. The lowest BCUT2D eigenvalue weighted by Gasteiger charge is -2.27.